The molecule has 1 aliphatic heterocycles. The predicted molar refractivity (Wildman–Crippen MR) is 61.6 cm³/mol. The van der Waals surface area contributed by atoms with Crippen molar-refractivity contribution in [1.29, 1.82) is 0 Å². The van der Waals surface area contributed by atoms with Crippen LogP contribution < -0.4 is 0 Å². The Kier molecular flexibility index (Phi) is 4.02. The number of aliphatic hydroxyl groups is 1. The topological polar surface area (TPSA) is 58.9 Å². The fraction of sp³-hybridized carbons (Fsp3) is 0.800. The Balaban J connectivity index is 3.00. The van der Waals surface area contributed by atoms with Crippen LogP contribution in [0, 0.1) is 0 Å². The molecule has 0 bridgehead atoms. The third-order valence-corrected chi connectivity index (χ3v) is 3.04. The Labute approximate surface area is 107 Å². The maximum absolute atomic E-state index is 12.8. The molecule has 0 spiro atoms. The van der Waals surface area contributed by atoms with Gasteiger partial charge in [0.25, 0.3) is 0 Å². The van der Waals surface area contributed by atoms with Crippen LogP contribution in [-0.4, -0.2) is 45.8 Å². The number of carbonyl (C=O) groups excluding carboxylic acids is 1. The van der Waals surface area contributed by atoms with Crippen LogP contribution in [0.3, 0.4) is 0 Å². The standard InChI is InChI=1S/C10H14F3NO3S/c1-8(2,3)17-7(15)6-9(16,10(11,12)13)4-18-5-14-6/h5-6,16H,4H2,1-3H3. The summed E-state index contributed by atoms with van der Waals surface area (Å²) in [7, 11) is 0. The Bertz CT molecular complexity index is 364. The zero-order valence-electron chi connectivity index (χ0n) is 10.1. The van der Waals surface area contributed by atoms with Gasteiger partial charge in [0.1, 0.15) is 5.60 Å². The summed E-state index contributed by atoms with van der Waals surface area (Å²) < 4.78 is 43.3. The lowest BCUT2D eigenvalue weighted by molar-refractivity contribution is -0.259. The van der Waals surface area contributed by atoms with Crippen molar-refractivity contribution in [3.05, 3.63) is 0 Å². The maximum atomic E-state index is 12.8. The second kappa shape index (κ2) is 4.73. The summed E-state index contributed by atoms with van der Waals surface area (Å²) in [6.07, 6.45) is -4.95. The van der Waals surface area contributed by atoms with E-state index in [0.717, 1.165) is 5.55 Å². The molecule has 2 atom stereocenters. The molecule has 0 saturated heterocycles. The minimum Gasteiger partial charge on any atom is -0.458 e. The van der Waals surface area contributed by atoms with Gasteiger partial charge in [0.15, 0.2) is 6.04 Å². The van der Waals surface area contributed by atoms with Crippen molar-refractivity contribution in [2.45, 2.75) is 44.2 Å². The molecule has 0 aliphatic carbocycles. The Hall–Kier alpha value is -0.760. The SMILES string of the molecule is CC(C)(C)OC(=O)C1N=CSCC1(O)C(F)(F)F. The molecule has 1 aliphatic rings. The third kappa shape index (κ3) is 3.17. The van der Waals surface area contributed by atoms with Crippen LogP contribution in [0.5, 0.6) is 0 Å². The van der Waals surface area contributed by atoms with Crippen molar-refractivity contribution >= 4 is 23.3 Å². The Morgan fingerprint density at radius 2 is 2.06 bits per heavy atom. The van der Waals surface area contributed by atoms with Crippen molar-refractivity contribution in [3.8, 4) is 0 Å². The molecule has 18 heavy (non-hydrogen) atoms. The minimum atomic E-state index is -4.95. The first-order valence-corrected chi connectivity index (χ1v) is 6.17. The lowest BCUT2D eigenvalue weighted by atomic mass is 9.95. The minimum absolute atomic E-state index is 0.677. The van der Waals surface area contributed by atoms with Crippen LogP contribution in [0.1, 0.15) is 20.8 Å². The smallest absolute Gasteiger partial charge is 0.420 e. The van der Waals surface area contributed by atoms with Gasteiger partial charge in [-0.2, -0.15) is 13.2 Å². The average molecular weight is 285 g/mol. The summed E-state index contributed by atoms with van der Waals surface area (Å²) in [6, 6.07) is -1.97. The maximum Gasteiger partial charge on any atom is 0.420 e. The first-order valence-electron chi connectivity index (χ1n) is 5.12. The summed E-state index contributed by atoms with van der Waals surface area (Å²) in [4.78, 5) is 15.1. The van der Waals surface area contributed by atoms with Crippen LogP contribution in [0.25, 0.3) is 0 Å². The second-order valence-electron chi connectivity index (χ2n) is 4.92. The first-order chi connectivity index (χ1) is 7.97. The highest BCUT2D eigenvalue weighted by molar-refractivity contribution is 8.12. The molecule has 1 heterocycles. The normalized spacial score (nSPS) is 29.2. The number of thioether (sulfide) groups is 1. The Morgan fingerprint density at radius 3 is 2.50 bits per heavy atom. The van der Waals surface area contributed by atoms with E-state index in [1.54, 1.807) is 0 Å². The molecule has 1 N–H and O–H groups in total. The lowest BCUT2D eigenvalue weighted by Crippen LogP contribution is -2.60. The summed E-state index contributed by atoms with van der Waals surface area (Å²) in [6.45, 7) is 4.58. The number of rotatable bonds is 1. The molecule has 1 rings (SSSR count). The number of hydrogen-bond donors (Lipinski definition) is 1. The number of hydrogen-bond acceptors (Lipinski definition) is 5. The fourth-order valence-corrected chi connectivity index (χ4v) is 2.18. The molecule has 4 nitrogen and oxygen atoms in total. The monoisotopic (exact) mass is 285 g/mol. The van der Waals surface area contributed by atoms with Crippen molar-refractivity contribution < 1.29 is 27.8 Å². The van der Waals surface area contributed by atoms with Crippen molar-refractivity contribution in [2.24, 2.45) is 4.99 Å². The van der Waals surface area contributed by atoms with Crippen LogP contribution in [0.4, 0.5) is 13.2 Å². The summed E-state index contributed by atoms with van der Waals surface area (Å²) in [5.41, 5.74) is -3.01. The van der Waals surface area contributed by atoms with Crippen molar-refractivity contribution in [2.75, 3.05) is 5.75 Å². The van der Waals surface area contributed by atoms with Gasteiger partial charge in [-0.1, -0.05) is 0 Å². The van der Waals surface area contributed by atoms with Gasteiger partial charge < -0.3 is 9.84 Å². The van der Waals surface area contributed by atoms with Gasteiger partial charge in [-0.05, 0) is 20.8 Å². The fourth-order valence-electron chi connectivity index (χ4n) is 1.32. The molecular formula is C10H14F3NO3S. The number of nitrogens with zero attached hydrogens (tertiary/aromatic N) is 1. The lowest BCUT2D eigenvalue weighted by Gasteiger charge is -2.36. The van der Waals surface area contributed by atoms with E-state index in [4.69, 9.17) is 4.74 Å². The number of halogens is 3. The number of esters is 1. The second-order valence-corrected chi connectivity index (χ2v) is 5.76. The molecule has 104 valence electrons. The third-order valence-electron chi connectivity index (χ3n) is 2.16. The molecule has 0 fully saturated rings. The van der Waals surface area contributed by atoms with Gasteiger partial charge in [0.2, 0.25) is 5.60 Å². The van der Waals surface area contributed by atoms with E-state index in [2.05, 4.69) is 4.99 Å². The van der Waals surface area contributed by atoms with Gasteiger partial charge in [0.05, 0.1) is 5.55 Å². The van der Waals surface area contributed by atoms with Crippen LogP contribution in [-0.2, 0) is 9.53 Å². The van der Waals surface area contributed by atoms with Gasteiger partial charge in [-0.25, -0.2) is 4.79 Å². The molecule has 0 aromatic heterocycles. The van der Waals surface area contributed by atoms with E-state index in [1.165, 1.54) is 20.8 Å². The van der Waals surface area contributed by atoms with E-state index < -0.39 is 35.1 Å². The highest BCUT2D eigenvalue weighted by Gasteiger charge is 2.62. The van der Waals surface area contributed by atoms with Crippen molar-refractivity contribution in [3.63, 3.8) is 0 Å². The summed E-state index contributed by atoms with van der Waals surface area (Å²) in [5.74, 6) is -1.86. The highest BCUT2D eigenvalue weighted by Crippen LogP contribution is 2.39. The van der Waals surface area contributed by atoms with Crippen LogP contribution in [0.15, 0.2) is 4.99 Å². The van der Waals surface area contributed by atoms with E-state index in [1.807, 2.05) is 0 Å². The van der Waals surface area contributed by atoms with E-state index in [0.29, 0.717) is 11.8 Å². The summed E-state index contributed by atoms with van der Waals surface area (Å²) in [5, 5.41) is 9.67. The molecule has 0 aromatic carbocycles. The average Bonchev–Trinajstić information content (AvgIpc) is 2.13. The molecule has 0 radical (unpaired) electrons. The zero-order chi connectivity index (χ0) is 14.2. The number of aliphatic imine (C=N–C) groups is 1. The molecule has 0 saturated carbocycles. The number of carbonyl (C=O) groups is 1. The predicted octanol–water partition coefficient (Wildman–Crippen LogP) is 1.77. The molecular weight excluding hydrogens is 271 g/mol. The zero-order valence-corrected chi connectivity index (χ0v) is 10.9. The Morgan fingerprint density at radius 1 is 1.50 bits per heavy atom. The first kappa shape index (κ1) is 15.3. The van der Waals surface area contributed by atoms with Crippen molar-refractivity contribution in [1.82, 2.24) is 0 Å². The summed E-state index contributed by atoms with van der Waals surface area (Å²) >= 11 is 0.698. The molecule has 0 amide bonds. The molecule has 8 heteroatoms. The van der Waals surface area contributed by atoms with Gasteiger partial charge in [-0.15, -0.1) is 11.8 Å². The quantitative estimate of drug-likeness (QED) is 0.746. The van der Waals surface area contributed by atoms with Gasteiger partial charge in [0, 0.05) is 5.75 Å². The van der Waals surface area contributed by atoms with E-state index in [-0.39, 0.29) is 0 Å². The number of ether oxygens (including phenoxy) is 1. The molecule has 0 aromatic rings. The van der Waals surface area contributed by atoms with Crippen LogP contribution in [0.2, 0.25) is 0 Å². The number of alkyl halides is 3. The highest BCUT2D eigenvalue weighted by atomic mass is 32.2. The van der Waals surface area contributed by atoms with Crippen LogP contribution >= 0.6 is 11.8 Å². The van der Waals surface area contributed by atoms with E-state index in [9.17, 15) is 23.1 Å². The largest absolute Gasteiger partial charge is 0.458 e. The van der Waals surface area contributed by atoms with E-state index >= 15 is 0 Å². The molecule has 2 unspecified atom stereocenters. The van der Waals surface area contributed by atoms with Gasteiger partial charge >= 0.3 is 12.1 Å². The van der Waals surface area contributed by atoms with Gasteiger partial charge in [-0.3, -0.25) is 4.99 Å².